The van der Waals surface area contributed by atoms with E-state index in [9.17, 15) is 14.7 Å². The molecule has 1 aliphatic heterocycles. The van der Waals surface area contributed by atoms with Gasteiger partial charge < -0.3 is 19.7 Å². The molecule has 3 atom stereocenters. The molecule has 0 spiro atoms. The molecule has 2 aromatic rings. The molecule has 30 heavy (non-hydrogen) atoms. The number of carbonyl (C=O) groups is 1. The van der Waals surface area contributed by atoms with Gasteiger partial charge >= 0.3 is 0 Å². The van der Waals surface area contributed by atoms with Gasteiger partial charge in [-0.3, -0.25) is 9.59 Å². The SMILES string of the molecule is Cc1cc(C(=O)NCC2CCCCN2c2ccc(=O)n(C3CCCC3O)n2)c(C)o1. The molecule has 0 aromatic carbocycles. The minimum Gasteiger partial charge on any atom is -0.466 e. The monoisotopic (exact) mass is 414 g/mol. The zero-order chi connectivity index (χ0) is 21.3. The summed E-state index contributed by atoms with van der Waals surface area (Å²) < 4.78 is 6.92. The van der Waals surface area contributed by atoms with Crippen molar-refractivity contribution in [2.75, 3.05) is 18.0 Å². The van der Waals surface area contributed by atoms with E-state index in [0.29, 0.717) is 24.3 Å². The van der Waals surface area contributed by atoms with Gasteiger partial charge in [0.05, 0.1) is 17.7 Å². The van der Waals surface area contributed by atoms with Crippen LogP contribution in [0.4, 0.5) is 5.82 Å². The van der Waals surface area contributed by atoms with Crippen molar-refractivity contribution in [3.8, 4) is 0 Å². The molecule has 2 aliphatic rings. The first-order valence-corrected chi connectivity index (χ1v) is 10.8. The smallest absolute Gasteiger partial charge is 0.267 e. The normalized spacial score (nSPS) is 24.2. The molecule has 1 amide bonds. The van der Waals surface area contributed by atoms with Gasteiger partial charge in [-0.15, -0.1) is 0 Å². The summed E-state index contributed by atoms with van der Waals surface area (Å²) in [5.41, 5.74) is 0.383. The molecule has 3 heterocycles. The van der Waals surface area contributed by atoms with Gasteiger partial charge in [0.1, 0.15) is 17.3 Å². The summed E-state index contributed by atoms with van der Waals surface area (Å²) in [6, 6.07) is 4.89. The second-order valence-corrected chi connectivity index (χ2v) is 8.42. The summed E-state index contributed by atoms with van der Waals surface area (Å²) in [7, 11) is 0. The number of piperidine rings is 1. The number of anilines is 1. The van der Waals surface area contributed by atoms with Crippen LogP contribution in [0, 0.1) is 13.8 Å². The van der Waals surface area contributed by atoms with Crippen LogP contribution in [0.1, 0.15) is 66.4 Å². The molecule has 2 aromatic heterocycles. The van der Waals surface area contributed by atoms with Crippen molar-refractivity contribution in [2.24, 2.45) is 0 Å². The number of nitrogens with zero attached hydrogens (tertiary/aromatic N) is 3. The first kappa shape index (κ1) is 20.7. The Kier molecular flexibility index (Phi) is 5.94. The highest BCUT2D eigenvalue weighted by atomic mass is 16.3. The Hall–Kier alpha value is -2.61. The van der Waals surface area contributed by atoms with E-state index < -0.39 is 6.10 Å². The molecule has 4 rings (SSSR count). The van der Waals surface area contributed by atoms with Crippen molar-refractivity contribution in [1.82, 2.24) is 15.1 Å². The average Bonchev–Trinajstić information content (AvgIpc) is 3.31. The Morgan fingerprint density at radius 3 is 2.77 bits per heavy atom. The minimum absolute atomic E-state index is 0.1000. The Bertz CT molecular complexity index is 966. The van der Waals surface area contributed by atoms with E-state index in [1.165, 1.54) is 10.7 Å². The van der Waals surface area contributed by atoms with E-state index in [1.54, 1.807) is 19.1 Å². The molecular formula is C22H30N4O4. The third kappa shape index (κ3) is 4.14. The summed E-state index contributed by atoms with van der Waals surface area (Å²) in [6.45, 7) is 4.94. The summed E-state index contributed by atoms with van der Waals surface area (Å²) in [5.74, 6) is 1.93. The summed E-state index contributed by atoms with van der Waals surface area (Å²) in [6.07, 6.45) is 4.91. The zero-order valence-electron chi connectivity index (χ0n) is 17.6. The van der Waals surface area contributed by atoms with E-state index in [0.717, 1.165) is 50.2 Å². The molecular weight excluding hydrogens is 384 g/mol. The Balaban J connectivity index is 1.50. The highest BCUT2D eigenvalue weighted by molar-refractivity contribution is 5.95. The largest absolute Gasteiger partial charge is 0.466 e. The molecule has 3 unspecified atom stereocenters. The molecule has 0 bridgehead atoms. The number of furan rings is 1. The molecule has 8 nitrogen and oxygen atoms in total. The van der Waals surface area contributed by atoms with Crippen molar-refractivity contribution >= 4 is 11.7 Å². The molecule has 1 saturated heterocycles. The summed E-state index contributed by atoms with van der Waals surface area (Å²) >= 11 is 0. The molecule has 2 fully saturated rings. The highest BCUT2D eigenvalue weighted by Gasteiger charge is 2.30. The van der Waals surface area contributed by atoms with Crippen molar-refractivity contribution in [3.05, 3.63) is 45.6 Å². The molecule has 0 radical (unpaired) electrons. The third-order valence-corrected chi connectivity index (χ3v) is 6.27. The quantitative estimate of drug-likeness (QED) is 0.779. The average molecular weight is 415 g/mol. The second-order valence-electron chi connectivity index (χ2n) is 8.42. The fraction of sp³-hybridized carbons (Fsp3) is 0.591. The van der Waals surface area contributed by atoms with Crippen LogP contribution in [0.15, 0.2) is 27.4 Å². The number of nitrogens with one attached hydrogen (secondary N) is 1. The number of hydrogen-bond acceptors (Lipinski definition) is 6. The third-order valence-electron chi connectivity index (χ3n) is 6.27. The van der Waals surface area contributed by atoms with E-state index in [1.807, 2.05) is 6.92 Å². The number of aliphatic hydroxyl groups excluding tert-OH is 1. The molecule has 1 aliphatic carbocycles. The number of aliphatic hydroxyl groups is 1. The summed E-state index contributed by atoms with van der Waals surface area (Å²) in [5, 5.41) is 17.9. The van der Waals surface area contributed by atoms with Crippen LogP contribution in [-0.4, -0.2) is 46.0 Å². The summed E-state index contributed by atoms with van der Waals surface area (Å²) in [4.78, 5) is 27.1. The predicted octanol–water partition coefficient (Wildman–Crippen LogP) is 2.33. The number of rotatable bonds is 5. The van der Waals surface area contributed by atoms with Crippen molar-refractivity contribution in [1.29, 1.82) is 0 Å². The van der Waals surface area contributed by atoms with Crippen LogP contribution in [-0.2, 0) is 0 Å². The lowest BCUT2D eigenvalue weighted by atomic mass is 10.0. The first-order valence-electron chi connectivity index (χ1n) is 10.8. The number of amides is 1. The van der Waals surface area contributed by atoms with Gasteiger partial charge in [0.15, 0.2) is 0 Å². The molecule has 162 valence electrons. The standard InChI is InChI=1S/C22H30N4O4/c1-14-12-17(15(2)30-14)22(29)23-13-16-6-3-4-11-25(16)20-9-10-21(28)26(24-20)18-7-5-8-19(18)27/h9-10,12,16,18-19,27H,3-8,11,13H2,1-2H3,(H,23,29). The van der Waals surface area contributed by atoms with Gasteiger partial charge in [0.25, 0.3) is 11.5 Å². The first-order chi connectivity index (χ1) is 14.4. The number of aromatic nitrogens is 2. The fourth-order valence-corrected chi connectivity index (χ4v) is 4.69. The van der Waals surface area contributed by atoms with E-state index in [4.69, 9.17) is 4.42 Å². The minimum atomic E-state index is -0.524. The van der Waals surface area contributed by atoms with Crippen LogP contribution in [0.25, 0.3) is 0 Å². The lowest BCUT2D eigenvalue weighted by Crippen LogP contribution is -2.48. The Morgan fingerprint density at radius 1 is 1.23 bits per heavy atom. The van der Waals surface area contributed by atoms with Gasteiger partial charge in [-0.25, -0.2) is 4.68 Å². The van der Waals surface area contributed by atoms with Gasteiger partial charge in [0.2, 0.25) is 0 Å². The van der Waals surface area contributed by atoms with Crippen molar-refractivity contribution in [3.63, 3.8) is 0 Å². The lowest BCUT2D eigenvalue weighted by molar-refractivity contribution is 0.0948. The zero-order valence-corrected chi connectivity index (χ0v) is 17.6. The maximum Gasteiger partial charge on any atom is 0.267 e. The van der Waals surface area contributed by atoms with Gasteiger partial charge in [0, 0.05) is 25.2 Å². The fourth-order valence-electron chi connectivity index (χ4n) is 4.69. The van der Waals surface area contributed by atoms with Crippen LogP contribution >= 0.6 is 0 Å². The van der Waals surface area contributed by atoms with Crippen molar-refractivity contribution in [2.45, 2.75) is 70.6 Å². The van der Waals surface area contributed by atoms with Crippen LogP contribution in [0.2, 0.25) is 0 Å². The molecule has 1 saturated carbocycles. The van der Waals surface area contributed by atoms with E-state index >= 15 is 0 Å². The Labute approximate surface area is 175 Å². The van der Waals surface area contributed by atoms with Crippen molar-refractivity contribution < 1.29 is 14.3 Å². The second kappa shape index (κ2) is 8.63. The topological polar surface area (TPSA) is 101 Å². The van der Waals surface area contributed by atoms with Crippen LogP contribution < -0.4 is 15.8 Å². The molecule has 2 N–H and O–H groups in total. The van der Waals surface area contributed by atoms with Gasteiger partial charge in [-0.2, -0.15) is 5.10 Å². The van der Waals surface area contributed by atoms with Crippen LogP contribution in [0.3, 0.4) is 0 Å². The van der Waals surface area contributed by atoms with Gasteiger partial charge in [-0.05, 0) is 64.5 Å². The lowest BCUT2D eigenvalue weighted by Gasteiger charge is -2.37. The predicted molar refractivity (Wildman–Crippen MR) is 113 cm³/mol. The maximum atomic E-state index is 12.6. The van der Waals surface area contributed by atoms with E-state index in [2.05, 4.69) is 15.3 Å². The number of carbonyl (C=O) groups excluding carboxylic acids is 1. The number of aryl methyl sites for hydroxylation is 2. The molecule has 8 heteroatoms. The van der Waals surface area contributed by atoms with Gasteiger partial charge in [-0.1, -0.05) is 0 Å². The number of hydrogen-bond donors (Lipinski definition) is 2. The Morgan fingerprint density at radius 2 is 2.07 bits per heavy atom. The maximum absolute atomic E-state index is 12.6. The van der Waals surface area contributed by atoms with Crippen LogP contribution in [0.5, 0.6) is 0 Å². The van der Waals surface area contributed by atoms with E-state index in [-0.39, 0.29) is 23.6 Å². The highest BCUT2D eigenvalue weighted by Crippen LogP contribution is 2.29.